The smallest absolute Gasteiger partial charge is 0.414 e. The molecule has 2 aromatic heterocycles. The molecular weight excluding hydrogens is 569 g/mol. The molecular formula is C25H27Cl2N5O6S. The number of benzene rings is 1. The van der Waals surface area contributed by atoms with Crippen molar-refractivity contribution in [2.45, 2.75) is 57.3 Å². The van der Waals surface area contributed by atoms with Gasteiger partial charge < -0.3 is 36.1 Å². The lowest BCUT2D eigenvalue weighted by Crippen LogP contribution is -2.50. The number of primary amides is 1. The molecule has 0 spiro atoms. The van der Waals surface area contributed by atoms with Gasteiger partial charge in [-0.1, -0.05) is 47.5 Å². The van der Waals surface area contributed by atoms with E-state index in [1.54, 1.807) is 26.8 Å². The van der Waals surface area contributed by atoms with Crippen LogP contribution in [0.3, 0.4) is 0 Å². The molecule has 4 rings (SSSR count). The third kappa shape index (κ3) is 6.94. The first kappa shape index (κ1) is 28.5. The zero-order chi connectivity index (χ0) is 28.5. The number of halogens is 2. The number of fused-ring (bicyclic) bond motifs is 2. The molecule has 2 heterocycles. The van der Waals surface area contributed by atoms with E-state index in [1.807, 2.05) is 24.3 Å². The minimum atomic E-state index is -1.30. The second kappa shape index (κ2) is 11.3. The van der Waals surface area contributed by atoms with E-state index < -0.39 is 54.1 Å². The van der Waals surface area contributed by atoms with Crippen LogP contribution < -0.4 is 26.4 Å². The number of nitrogens with two attached hydrogens (primary N) is 1. The number of alkyl carbamates (subject to hydrolysis) is 1. The highest BCUT2D eigenvalue weighted by molar-refractivity contribution is 7.23. The largest absolute Gasteiger partial charge is 0.444 e. The van der Waals surface area contributed by atoms with Gasteiger partial charge in [0.1, 0.15) is 16.0 Å². The SMILES string of the molecule is CC(C)(C)OC(=O)N[C@H](CC(=O)N[C@H]1c2ccccc2C[C@@H]1NC(=O)Oc1cc2sc(Cl)c(Cl)c2[nH]1)C(N)=O. The van der Waals surface area contributed by atoms with Crippen LogP contribution in [-0.4, -0.2) is 46.7 Å². The van der Waals surface area contributed by atoms with Gasteiger partial charge in [0.2, 0.25) is 17.7 Å². The molecule has 0 radical (unpaired) electrons. The lowest BCUT2D eigenvalue weighted by Gasteiger charge is -2.25. The Morgan fingerprint density at radius 2 is 1.87 bits per heavy atom. The molecule has 14 heteroatoms. The van der Waals surface area contributed by atoms with Gasteiger partial charge in [0, 0.05) is 6.07 Å². The maximum atomic E-state index is 13.0. The summed E-state index contributed by atoms with van der Waals surface area (Å²) in [6, 6.07) is 6.53. The predicted molar refractivity (Wildman–Crippen MR) is 147 cm³/mol. The fourth-order valence-electron chi connectivity index (χ4n) is 4.23. The molecule has 11 nitrogen and oxygen atoms in total. The zero-order valence-electron chi connectivity index (χ0n) is 21.2. The van der Waals surface area contributed by atoms with E-state index in [4.69, 9.17) is 38.4 Å². The Kier molecular flexibility index (Phi) is 8.28. The molecule has 208 valence electrons. The molecule has 4 amide bonds. The summed E-state index contributed by atoms with van der Waals surface area (Å²) in [4.78, 5) is 52.7. The second-order valence-corrected chi connectivity index (χ2v) is 12.0. The first-order valence-electron chi connectivity index (χ1n) is 11.9. The number of carbonyl (C=O) groups is 4. The number of hydrogen-bond donors (Lipinski definition) is 5. The monoisotopic (exact) mass is 595 g/mol. The Balaban J connectivity index is 1.42. The molecule has 0 saturated heterocycles. The van der Waals surface area contributed by atoms with Gasteiger partial charge in [-0.25, -0.2) is 9.59 Å². The van der Waals surface area contributed by atoms with Crippen molar-refractivity contribution in [3.63, 3.8) is 0 Å². The molecule has 6 N–H and O–H groups in total. The van der Waals surface area contributed by atoms with Crippen molar-refractivity contribution >= 4 is 68.8 Å². The van der Waals surface area contributed by atoms with Gasteiger partial charge in [0.15, 0.2) is 0 Å². The Morgan fingerprint density at radius 3 is 2.54 bits per heavy atom. The first-order valence-corrected chi connectivity index (χ1v) is 13.5. The summed E-state index contributed by atoms with van der Waals surface area (Å²) in [6.07, 6.45) is -1.62. The van der Waals surface area contributed by atoms with Gasteiger partial charge >= 0.3 is 12.2 Å². The van der Waals surface area contributed by atoms with Crippen LogP contribution in [0, 0.1) is 0 Å². The van der Waals surface area contributed by atoms with Crippen molar-refractivity contribution < 1.29 is 28.7 Å². The van der Waals surface area contributed by atoms with Crippen LogP contribution in [0.25, 0.3) is 10.2 Å². The summed E-state index contributed by atoms with van der Waals surface area (Å²) in [7, 11) is 0. The van der Waals surface area contributed by atoms with Gasteiger partial charge in [-0.2, -0.15) is 0 Å². The van der Waals surface area contributed by atoms with Gasteiger partial charge in [0.25, 0.3) is 0 Å². The van der Waals surface area contributed by atoms with Crippen LogP contribution >= 0.6 is 34.5 Å². The Labute approximate surface area is 237 Å². The molecule has 39 heavy (non-hydrogen) atoms. The summed E-state index contributed by atoms with van der Waals surface area (Å²) in [6.45, 7) is 4.99. The summed E-state index contributed by atoms with van der Waals surface area (Å²) in [5.74, 6) is -1.28. The highest BCUT2D eigenvalue weighted by Crippen LogP contribution is 2.40. The normalized spacial score (nSPS) is 17.3. The average Bonchev–Trinajstić information content (AvgIpc) is 3.44. The van der Waals surface area contributed by atoms with Crippen LogP contribution in [0.1, 0.15) is 44.4 Å². The molecule has 1 aliphatic rings. The third-order valence-electron chi connectivity index (χ3n) is 5.83. The van der Waals surface area contributed by atoms with Crippen molar-refractivity contribution in [1.82, 2.24) is 20.9 Å². The van der Waals surface area contributed by atoms with Crippen LogP contribution in [0.5, 0.6) is 5.88 Å². The quantitative estimate of drug-likeness (QED) is 0.275. The molecule has 0 unspecified atom stereocenters. The second-order valence-electron chi connectivity index (χ2n) is 9.96. The standard InChI is InChI=1S/C25H27Cl2N5O6S/c1-25(2,3)38-24(36)30-14(22(28)34)9-16(33)31-19-12-7-5-4-6-11(12)8-13(19)29-23(35)37-17-10-15-20(32-17)18(26)21(27)39-15/h4-7,10,13-14,19,32H,8-9H2,1-3H3,(H2,28,34)(H,29,35)(H,30,36)(H,31,33)/t13-,14+,19-/m0/s1. The van der Waals surface area contributed by atoms with E-state index >= 15 is 0 Å². The minimum absolute atomic E-state index is 0.181. The number of rotatable bonds is 7. The fourth-order valence-corrected chi connectivity index (χ4v) is 5.70. The Morgan fingerprint density at radius 1 is 1.15 bits per heavy atom. The first-order chi connectivity index (χ1) is 18.3. The number of nitrogens with one attached hydrogen (secondary N) is 4. The van der Waals surface area contributed by atoms with E-state index in [9.17, 15) is 19.2 Å². The van der Waals surface area contributed by atoms with Crippen molar-refractivity contribution in [3.8, 4) is 5.88 Å². The fraction of sp³-hybridized carbons (Fsp3) is 0.360. The van der Waals surface area contributed by atoms with E-state index in [0.29, 0.717) is 21.3 Å². The molecule has 0 bridgehead atoms. The number of thiophene rings is 1. The highest BCUT2D eigenvalue weighted by atomic mass is 35.5. The van der Waals surface area contributed by atoms with Gasteiger partial charge in [-0.15, -0.1) is 11.3 Å². The maximum Gasteiger partial charge on any atom is 0.414 e. The number of hydrogen-bond acceptors (Lipinski definition) is 7. The lowest BCUT2D eigenvalue weighted by atomic mass is 10.1. The minimum Gasteiger partial charge on any atom is -0.444 e. The molecule has 1 aliphatic carbocycles. The van der Waals surface area contributed by atoms with E-state index in [1.165, 1.54) is 11.3 Å². The van der Waals surface area contributed by atoms with E-state index in [0.717, 1.165) is 15.8 Å². The van der Waals surface area contributed by atoms with Crippen molar-refractivity contribution in [1.29, 1.82) is 0 Å². The summed E-state index contributed by atoms with van der Waals surface area (Å²) < 4.78 is 11.7. The van der Waals surface area contributed by atoms with Crippen LogP contribution in [0.2, 0.25) is 9.36 Å². The van der Waals surface area contributed by atoms with Crippen molar-refractivity contribution in [2.75, 3.05) is 0 Å². The number of amides is 4. The number of carbonyl (C=O) groups excluding carboxylic acids is 4. The number of H-pyrrole nitrogens is 1. The van der Waals surface area contributed by atoms with Crippen LogP contribution in [0.4, 0.5) is 9.59 Å². The van der Waals surface area contributed by atoms with Crippen molar-refractivity contribution in [3.05, 3.63) is 50.8 Å². The number of ether oxygens (including phenoxy) is 2. The maximum absolute atomic E-state index is 13.0. The molecule has 3 atom stereocenters. The molecule has 0 saturated carbocycles. The highest BCUT2D eigenvalue weighted by Gasteiger charge is 2.36. The lowest BCUT2D eigenvalue weighted by molar-refractivity contribution is -0.127. The van der Waals surface area contributed by atoms with Gasteiger partial charge in [0.05, 0.1) is 33.7 Å². The van der Waals surface area contributed by atoms with Gasteiger partial charge in [-0.05, 0) is 38.3 Å². The van der Waals surface area contributed by atoms with Crippen molar-refractivity contribution in [2.24, 2.45) is 5.73 Å². The number of aromatic amines is 1. The number of aromatic nitrogens is 1. The predicted octanol–water partition coefficient (Wildman–Crippen LogP) is 4.18. The summed E-state index contributed by atoms with van der Waals surface area (Å²) in [5.41, 5.74) is 6.90. The third-order valence-corrected chi connectivity index (χ3v) is 7.76. The van der Waals surface area contributed by atoms with Crippen LogP contribution in [0.15, 0.2) is 30.3 Å². The zero-order valence-corrected chi connectivity index (χ0v) is 23.6. The molecule has 0 aliphatic heterocycles. The molecule has 3 aromatic rings. The molecule has 1 aromatic carbocycles. The van der Waals surface area contributed by atoms with E-state index in [-0.39, 0.29) is 5.88 Å². The molecule has 0 fully saturated rings. The Bertz CT molecular complexity index is 1430. The topological polar surface area (TPSA) is 165 Å². The average molecular weight is 596 g/mol. The van der Waals surface area contributed by atoms with Crippen LogP contribution in [-0.2, 0) is 20.7 Å². The Hall–Kier alpha value is -3.48. The van der Waals surface area contributed by atoms with Gasteiger partial charge in [-0.3, -0.25) is 9.59 Å². The van der Waals surface area contributed by atoms with E-state index in [2.05, 4.69) is 20.9 Å². The summed E-state index contributed by atoms with van der Waals surface area (Å²) >= 11 is 13.4. The summed E-state index contributed by atoms with van der Waals surface area (Å²) in [5, 5.41) is 8.31.